The lowest BCUT2D eigenvalue weighted by molar-refractivity contribution is -0.115. The Hall–Kier alpha value is -2.91. The SMILES string of the molecule is Cc1cc(C)c2c(c1)c(C)cc1nnc(SCCC(=O)Nc3sc4c(c3C(N)=O)CCCC4)n12. The fourth-order valence-electron chi connectivity index (χ4n) is 4.85. The van der Waals surface area contributed by atoms with Gasteiger partial charge in [-0.25, -0.2) is 0 Å². The molecule has 0 radical (unpaired) electrons. The number of nitrogens with one attached hydrogen (secondary N) is 1. The summed E-state index contributed by atoms with van der Waals surface area (Å²) in [5, 5.41) is 14.3. The molecule has 0 aliphatic heterocycles. The molecule has 3 aromatic heterocycles. The van der Waals surface area contributed by atoms with Crippen LogP contribution in [0.2, 0.25) is 0 Å². The van der Waals surface area contributed by atoms with Crippen LogP contribution in [0.5, 0.6) is 0 Å². The Bertz CT molecular complexity index is 1450. The largest absolute Gasteiger partial charge is 0.365 e. The van der Waals surface area contributed by atoms with Gasteiger partial charge in [0.25, 0.3) is 5.91 Å². The van der Waals surface area contributed by atoms with Crippen LogP contribution >= 0.6 is 23.1 Å². The van der Waals surface area contributed by atoms with Crippen molar-refractivity contribution >= 4 is 56.5 Å². The van der Waals surface area contributed by atoms with Crippen LogP contribution in [-0.2, 0) is 17.6 Å². The number of hydrogen-bond acceptors (Lipinski definition) is 6. The first-order valence-electron chi connectivity index (χ1n) is 11.5. The van der Waals surface area contributed by atoms with Gasteiger partial charge in [-0.15, -0.1) is 21.5 Å². The first kappa shape index (κ1) is 22.9. The van der Waals surface area contributed by atoms with E-state index in [4.69, 9.17) is 5.73 Å². The van der Waals surface area contributed by atoms with Crippen molar-refractivity contribution < 1.29 is 9.59 Å². The number of carbonyl (C=O) groups is 2. The van der Waals surface area contributed by atoms with E-state index in [1.54, 1.807) is 0 Å². The van der Waals surface area contributed by atoms with E-state index in [1.165, 1.54) is 50.1 Å². The Kier molecular flexibility index (Phi) is 6.07. The van der Waals surface area contributed by atoms with E-state index in [1.807, 2.05) is 0 Å². The molecular weight excluding hydrogens is 466 g/mol. The number of aryl methyl sites for hydroxylation is 4. The smallest absolute Gasteiger partial charge is 0.251 e. The number of nitrogens with zero attached hydrogens (tertiary/aromatic N) is 3. The molecule has 176 valence electrons. The van der Waals surface area contributed by atoms with Gasteiger partial charge in [-0.2, -0.15) is 0 Å². The van der Waals surface area contributed by atoms with Crippen LogP contribution in [-0.4, -0.2) is 32.2 Å². The van der Waals surface area contributed by atoms with Crippen molar-refractivity contribution in [2.45, 2.75) is 58.0 Å². The van der Waals surface area contributed by atoms with Crippen LogP contribution in [0.1, 0.15) is 56.8 Å². The summed E-state index contributed by atoms with van der Waals surface area (Å²) in [6.07, 6.45) is 4.24. The highest BCUT2D eigenvalue weighted by Crippen LogP contribution is 2.38. The fraction of sp³-hybridized carbons (Fsp3) is 0.360. The zero-order valence-electron chi connectivity index (χ0n) is 19.5. The number of thiophene rings is 1. The summed E-state index contributed by atoms with van der Waals surface area (Å²) in [6, 6.07) is 6.41. The third kappa shape index (κ3) is 4.07. The van der Waals surface area contributed by atoms with Crippen molar-refractivity contribution in [3.8, 4) is 0 Å². The van der Waals surface area contributed by atoms with E-state index in [0.29, 0.717) is 22.7 Å². The van der Waals surface area contributed by atoms with Crippen LogP contribution in [0.4, 0.5) is 5.00 Å². The van der Waals surface area contributed by atoms with E-state index in [-0.39, 0.29) is 5.91 Å². The highest BCUT2D eigenvalue weighted by Gasteiger charge is 2.25. The van der Waals surface area contributed by atoms with Crippen molar-refractivity contribution in [1.82, 2.24) is 14.6 Å². The van der Waals surface area contributed by atoms with Gasteiger partial charge in [-0.05, 0) is 75.3 Å². The van der Waals surface area contributed by atoms with Crippen molar-refractivity contribution in [1.29, 1.82) is 0 Å². The molecule has 0 saturated carbocycles. The lowest BCUT2D eigenvalue weighted by Crippen LogP contribution is -2.18. The molecule has 0 bridgehead atoms. The number of pyridine rings is 1. The Morgan fingerprint density at radius 1 is 1.12 bits per heavy atom. The summed E-state index contributed by atoms with van der Waals surface area (Å²) in [6.45, 7) is 6.30. The Morgan fingerprint density at radius 2 is 1.91 bits per heavy atom. The summed E-state index contributed by atoms with van der Waals surface area (Å²) in [5.41, 5.74) is 12.6. The standard InChI is InChI=1S/C25H27N5O2S2/c1-13-10-15(3)22-17(11-13)14(2)12-19-28-29-25(30(19)22)33-9-8-20(31)27-24-21(23(26)32)16-6-4-5-7-18(16)34-24/h10-12H,4-9H2,1-3H3,(H2,26,32)(H,27,31). The van der Waals surface area contributed by atoms with Crippen LogP contribution in [0.25, 0.3) is 16.6 Å². The molecule has 1 aliphatic rings. The topological polar surface area (TPSA) is 102 Å². The predicted octanol–water partition coefficient (Wildman–Crippen LogP) is 4.97. The molecule has 4 aromatic rings. The molecule has 0 atom stereocenters. The average molecular weight is 494 g/mol. The maximum atomic E-state index is 12.7. The molecule has 3 heterocycles. The van der Waals surface area contributed by atoms with Gasteiger partial charge in [-0.1, -0.05) is 23.4 Å². The van der Waals surface area contributed by atoms with Crippen LogP contribution in [0, 0.1) is 20.8 Å². The number of aromatic nitrogens is 3. The highest BCUT2D eigenvalue weighted by molar-refractivity contribution is 7.99. The van der Waals surface area contributed by atoms with Gasteiger partial charge in [0.15, 0.2) is 10.8 Å². The van der Waals surface area contributed by atoms with Gasteiger partial charge < -0.3 is 11.1 Å². The minimum absolute atomic E-state index is 0.130. The summed E-state index contributed by atoms with van der Waals surface area (Å²) in [5.74, 6) is -0.0501. The molecule has 0 saturated heterocycles. The van der Waals surface area contributed by atoms with E-state index >= 15 is 0 Å². The number of thioether (sulfide) groups is 1. The summed E-state index contributed by atoms with van der Waals surface area (Å²) >= 11 is 3.00. The number of rotatable bonds is 6. The lowest BCUT2D eigenvalue weighted by atomic mass is 9.95. The monoisotopic (exact) mass is 493 g/mol. The lowest BCUT2D eigenvalue weighted by Gasteiger charge is -2.11. The molecule has 3 N–H and O–H groups in total. The zero-order valence-corrected chi connectivity index (χ0v) is 21.2. The molecule has 7 nitrogen and oxygen atoms in total. The van der Waals surface area contributed by atoms with E-state index in [0.717, 1.165) is 47.6 Å². The van der Waals surface area contributed by atoms with Crippen LogP contribution < -0.4 is 11.1 Å². The molecule has 5 rings (SSSR count). The van der Waals surface area contributed by atoms with E-state index < -0.39 is 5.91 Å². The van der Waals surface area contributed by atoms with Gasteiger partial charge in [-0.3, -0.25) is 14.0 Å². The number of amides is 2. The van der Waals surface area contributed by atoms with Crippen molar-refractivity contribution in [3.05, 3.63) is 50.9 Å². The third-order valence-corrected chi connectivity index (χ3v) is 8.47. The molecule has 0 spiro atoms. The molecule has 34 heavy (non-hydrogen) atoms. The zero-order chi connectivity index (χ0) is 24.0. The number of carbonyl (C=O) groups excluding carboxylic acids is 2. The van der Waals surface area contributed by atoms with Gasteiger partial charge in [0.1, 0.15) is 5.00 Å². The molecular formula is C25H27N5O2S2. The predicted molar refractivity (Wildman–Crippen MR) is 138 cm³/mol. The highest BCUT2D eigenvalue weighted by atomic mass is 32.2. The Labute approximate surface area is 206 Å². The molecule has 1 aliphatic carbocycles. The molecule has 1 aromatic carbocycles. The van der Waals surface area contributed by atoms with E-state index in [9.17, 15) is 9.59 Å². The number of nitrogens with two attached hydrogens (primary N) is 1. The van der Waals surface area contributed by atoms with E-state index in [2.05, 4.69) is 58.9 Å². The molecule has 0 unspecified atom stereocenters. The second-order valence-electron chi connectivity index (χ2n) is 8.91. The number of fused-ring (bicyclic) bond motifs is 4. The quantitative estimate of drug-likeness (QED) is 0.369. The normalized spacial score (nSPS) is 13.4. The average Bonchev–Trinajstić information content (AvgIpc) is 3.34. The number of primary amides is 1. The number of anilines is 1. The molecule has 9 heteroatoms. The summed E-state index contributed by atoms with van der Waals surface area (Å²) in [7, 11) is 0. The first-order valence-corrected chi connectivity index (χ1v) is 13.3. The van der Waals surface area contributed by atoms with Crippen molar-refractivity contribution in [3.63, 3.8) is 0 Å². The summed E-state index contributed by atoms with van der Waals surface area (Å²) < 4.78 is 2.08. The Balaban J connectivity index is 1.34. The minimum Gasteiger partial charge on any atom is -0.365 e. The second-order valence-corrected chi connectivity index (χ2v) is 11.1. The molecule has 0 fully saturated rings. The Morgan fingerprint density at radius 3 is 2.71 bits per heavy atom. The third-order valence-electron chi connectivity index (χ3n) is 6.33. The number of benzene rings is 1. The number of hydrogen-bond donors (Lipinski definition) is 2. The van der Waals surface area contributed by atoms with Crippen molar-refractivity contribution in [2.24, 2.45) is 5.73 Å². The van der Waals surface area contributed by atoms with Crippen molar-refractivity contribution in [2.75, 3.05) is 11.1 Å². The maximum Gasteiger partial charge on any atom is 0.251 e. The minimum atomic E-state index is -0.466. The van der Waals surface area contributed by atoms with Gasteiger partial charge in [0.2, 0.25) is 5.91 Å². The van der Waals surface area contributed by atoms with Crippen LogP contribution in [0.3, 0.4) is 0 Å². The van der Waals surface area contributed by atoms with Gasteiger partial charge in [0.05, 0.1) is 11.1 Å². The van der Waals surface area contributed by atoms with Gasteiger partial charge in [0, 0.05) is 22.4 Å². The maximum absolute atomic E-state index is 12.7. The second kappa shape index (κ2) is 9.03. The first-order chi connectivity index (χ1) is 16.3. The van der Waals surface area contributed by atoms with Gasteiger partial charge >= 0.3 is 0 Å². The fourth-order valence-corrected chi connectivity index (χ4v) is 7.04. The molecule has 2 amide bonds. The van der Waals surface area contributed by atoms with Crippen LogP contribution in [0.15, 0.2) is 23.4 Å². The summed E-state index contributed by atoms with van der Waals surface area (Å²) in [4.78, 5) is 26.0.